The number of hydrogen-bond acceptors (Lipinski definition) is 5. The molecule has 0 amide bonds. The van der Waals surface area contributed by atoms with Gasteiger partial charge in [-0.05, 0) is 18.2 Å². The van der Waals surface area contributed by atoms with Crippen LogP contribution in [-0.4, -0.2) is 21.3 Å². The number of pyridine rings is 1. The van der Waals surface area contributed by atoms with Crippen LogP contribution in [0.3, 0.4) is 0 Å². The van der Waals surface area contributed by atoms with Crippen molar-refractivity contribution in [3.05, 3.63) is 49.2 Å². The van der Waals surface area contributed by atoms with E-state index in [1.165, 1.54) is 0 Å². The second kappa shape index (κ2) is 4.52. The average Bonchev–Trinajstić information content (AvgIpc) is 3.15. The Kier molecular flexibility index (Phi) is 2.53. The van der Waals surface area contributed by atoms with Crippen LogP contribution < -0.4 is 15.2 Å². The zero-order valence-electron chi connectivity index (χ0n) is 11.1. The zero-order valence-corrected chi connectivity index (χ0v) is 11.1. The summed E-state index contributed by atoms with van der Waals surface area (Å²) in [6, 6.07) is 7.52. The van der Waals surface area contributed by atoms with Gasteiger partial charge in [-0.3, -0.25) is 9.55 Å². The van der Waals surface area contributed by atoms with E-state index >= 15 is 0 Å². The maximum Gasteiger partial charge on any atom is 0.231 e. The highest BCUT2D eigenvalue weighted by Gasteiger charge is 2.16. The molecule has 3 aromatic rings. The second-order valence-corrected chi connectivity index (χ2v) is 4.65. The van der Waals surface area contributed by atoms with E-state index in [-0.39, 0.29) is 6.79 Å². The third kappa shape index (κ3) is 1.88. The number of rotatable bonds is 2. The van der Waals surface area contributed by atoms with Crippen molar-refractivity contribution in [2.75, 3.05) is 12.5 Å². The summed E-state index contributed by atoms with van der Waals surface area (Å²) in [5, 5.41) is 0. The van der Waals surface area contributed by atoms with Gasteiger partial charge < -0.3 is 15.2 Å². The van der Waals surface area contributed by atoms with Crippen molar-refractivity contribution in [2.24, 2.45) is 0 Å². The summed E-state index contributed by atoms with van der Waals surface area (Å²) in [4.78, 5) is 8.35. The van der Waals surface area contributed by atoms with E-state index in [1.807, 2.05) is 22.8 Å². The Balaban J connectivity index is 1.84. The Labute approximate surface area is 120 Å². The third-order valence-corrected chi connectivity index (χ3v) is 3.40. The van der Waals surface area contributed by atoms with Crippen LogP contribution in [0.15, 0.2) is 49.2 Å². The molecule has 4 rings (SSSR count). The lowest BCUT2D eigenvalue weighted by molar-refractivity contribution is 0.174. The molecule has 0 saturated carbocycles. The molecule has 2 N–H and O–H groups in total. The van der Waals surface area contributed by atoms with Gasteiger partial charge in [-0.15, -0.1) is 0 Å². The van der Waals surface area contributed by atoms with E-state index in [2.05, 4.69) is 9.97 Å². The minimum Gasteiger partial charge on any atom is -0.454 e. The van der Waals surface area contributed by atoms with Crippen molar-refractivity contribution >= 4 is 5.69 Å². The highest BCUT2D eigenvalue weighted by molar-refractivity contribution is 5.74. The summed E-state index contributed by atoms with van der Waals surface area (Å²) in [5.41, 5.74) is 9.32. The lowest BCUT2D eigenvalue weighted by Crippen LogP contribution is -1.98. The van der Waals surface area contributed by atoms with E-state index in [1.54, 1.807) is 31.0 Å². The van der Waals surface area contributed by atoms with Crippen LogP contribution in [-0.2, 0) is 0 Å². The molecule has 0 spiro atoms. The molecule has 0 bridgehead atoms. The fourth-order valence-corrected chi connectivity index (χ4v) is 2.35. The Morgan fingerprint density at radius 1 is 1.05 bits per heavy atom. The SMILES string of the molecule is Nc1ccncc1-c1cncn1-c1ccc2c(c1)OCO2. The van der Waals surface area contributed by atoms with Gasteiger partial charge in [-0.25, -0.2) is 4.98 Å². The second-order valence-electron chi connectivity index (χ2n) is 4.65. The van der Waals surface area contributed by atoms with Crippen LogP contribution in [0.25, 0.3) is 16.9 Å². The third-order valence-electron chi connectivity index (χ3n) is 3.40. The normalized spacial score (nSPS) is 12.6. The van der Waals surface area contributed by atoms with Crippen LogP contribution in [0, 0.1) is 0 Å². The quantitative estimate of drug-likeness (QED) is 0.779. The van der Waals surface area contributed by atoms with E-state index in [0.29, 0.717) is 5.69 Å². The smallest absolute Gasteiger partial charge is 0.231 e. The molecule has 2 aromatic heterocycles. The molecule has 0 aliphatic carbocycles. The Morgan fingerprint density at radius 2 is 1.95 bits per heavy atom. The van der Waals surface area contributed by atoms with Gasteiger partial charge in [0.05, 0.1) is 23.9 Å². The molecule has 3 heterocycles. The minimum atomic E-state index is 0.255. The molecule has 1 aliphatic rings. The zero-order chi connectivity index (χ0) is 14.2. The fraction of sp³-hybridized carbons (Fsp3) is 0.0667. The molecule has 0 saturated heterocycles. The number of fused-ring (bicyclic) bond motifs is 1. The van der Waals surface area contributed by atoms with E-state index in [4.69, 9.17) is 15.2 Å². The fourth-order valence-electron chi connectivity index (χ4n) is 2.35. The van der Waals surface area contributed by atoms with Gasteiger partial charge in [0.25, 0.3) is 0 Å². The van der Waals surface area contributed by atoms with Gasteiger partial charge in [-0.2, -0.15) is 0 Å². The molecule has 0 radical (unpaired) electrons. The Morgan fingerprint density at radius 3 is 2.86 bits per heavy atom. The number of anilines is 1. The molecule has 6 heteroatoms. The van der Waals surface area contributed by atoms with Crippen LogP contribution in [0.1, 0.15) is 0 Å². The number of imidazole rings is 1. The molecule has 0 unspecified atom stereocenters. The summed E-state index contributed by atoms with van der Waals surface area (Å²) in [7, 11) is 0. The van der Waals surface area contributed by atoms with Crippen molar-refractivity contribution in [1.29, 1.82) is 0 Å². The van der Waals surface area contributed by atoms with Gasteiger partial charge in [0, 0.05) is 29.7 Å². The van der Waals surface area contributed by atoms with Gasteiger partial charge in [0.1, 0.15) is 0 Å². The number of ether oxygens (including phenoxy) is 2. The van der Waals surface area contributed by atoms with Gasteiger partial charge in [0.2, 0.25) is 6.79 Å². The number of nitrogens with zero attached hydrogens (tertiary/aromatic N) is 3. The predicted octanol–water partition coefficient (Wildman–Crippen LogP) is 2.25. The highest BCUT2D eigenvalue weighted by Crippen LogP contribution is 2.35. The first kappa shape index (κ1) is 11.8. The first-order chi connectivity index (χ1) is 10.3. The highest BCUT2D eigenvalue weighted by atomic mass is 16.7. The topological polar surface area (TPSA) is 75.2 Å². The minimum absolute atomic E-state index is 0.255. The Hall–Kier alpha value is -3.02. The van der Waals surface area contributed by atoms with Crippen molar-refractivity contribution in [2.45, 2.75) is 0 Å². The average molecular weight is 280 g/mol. The maximum absolute atomic E-state index is 6.02. The molecule has 1 aromatic carbocycles. The number of benzene rings is 1. The molecular weight excluding hydrogens is 268 g/mol. The molecule has 6 nitrogen and oxygen atoms in total. The lowest BCUT2D eigenvalue weighted by Gasteiger charge is -2.10. The summed E-state index contributed by atoms with van der Waals surface area (Å²) < 4.78 is 12.7. The van der Waals surface area contributed by atoms with E-state index in [9.17, 15) is 0 Å². The predicted molar refractivity (Wildman–Crippen MR) is 77.3 cm³/mol. The Bertz CT molecular complexity index is 813. The summed E-state index contributed by atoms with van der Waals surface area (Å²) in [6.07, 6.45) is 6.90. The summed E-state index contributed by atoms with van der Waals surface area (Å²) in [6.45, 7) is 0.255. The van der Waals surface area contributed by atoms with Crippen LogP contribution in [0.4, 0.5) is 5.69 Å². The van der Waals surface area contributed by atoms with Crippen molar-refractivity contribution in [1.82, 2.24) is 14.5 Å². The van der Waals surface area contributed by atoms with Gasteiger partial charge in [-0.1, -0.05) is 0 Å². The largest absolute Gasteiger partial charge is 0.454 e. The first-order valence-corrected chi connectivity index (χ1v) is 6.45. The summed E-state index contributed by atoms with van der Waals surface area (Å²) in [5.74, 6) is 1.48. The molecule has 21 heavy (non-hydrogen) atoms. The standard InChI is InChI=1S/C15H12N4O2/c16-12-3-4-17-6-11(12)13-7-18-8-19(13)10-1-2-14-15(5-10)21-9-20-14/h1-8H,9H2,(H2,16,17). The molecule has 0 fully saturated rings. The number of hydrogen-bond donors (Lipinski definition) is 1. The summed E-state index contributed by atoms with van der Waals surface area (Å²) >= 11 is 0. The first-order valence-electron chi connectivity index (χ1n) is 6.45. The molecule has 104 valence electrons. The maximum atomic E-state index is 6.02. The lowest BCUT2D eigenvalue weighted by atomic mass is 10.1. The van der Waals surface area contributed by atoms with Crippen LogP contribution >= 0.6 is 0 Å². The number of nitrogens with two attached hydrogens (primary N) is 1. The van der Waals surface area contributed by atoms with E-state index < -0.39 is 0 Å². The van der Waals surface area contributed by atoms with Crippen molar-refractivity contribution < 1.29 is 9.47 Å². The van der Waals surface area contributed by atoms with Crippen LogP contribution in [0.5, 0.6) is 11.5 Å². The molecular formula is C15H12N4O2. The molecule has 0 atom stereocenters. The molecule has 1 aliphatic heterocycles. The van der Waals surface area contributed by atoms with Crippen LogP contribution in [0.2, 0.25) is 0 Å². The van der Waals surface area contributed by atoms with E-state index in [0.717, 1.165) is 28.4 Å². The van der Waals surface area contributed by atoms with Gasteiger partial charge >= 0.3 is 0 Å². The number of aromatic nitrogens is 3. The van der Waals surface area contributed by atoms with Crippen molar-refractivity contribution in [3.63, 3.8) is 0 Å². The monoisotopic (exact) mass is 280 g/mol. The van der Waals surface area contributed by atoms with Crippen molar-refractivity contribution in [3.8, 4) is 28.4 Å². The number of nitrogen functional groups attached to an aromatic ring is 1. The van der Waals surface area contributed by atoms with Gasteiger partial charge in [0.15, 0.2) is 11.5 Å².